The number of rotatable bonds is 5. The Labute approximate surface area is 202 Å². The van der Waals surface area contributed by atoms with E-state index in [1.54, 1.807) is 17.7 Å². The Bertz CT molecular complexity index is 995. The van der Waals surface area contributed by atoms with Crippen LogP contribution >= 0.6 is 0 Å². The Balaban J connectivity index is 1.35. The van der Waals surface area contributed by atoms with Crippen LogP contribution in [0.4, 0.5) is 0 Å². The van der Waals surface area contributed by atoms with Crippen molar-refractivity contribution in [3.05, 3.63) is 42.0 Å². The van der Waals surface area contributed by atoms with E-state index >= 15 is 0 Å². The summed E-state index contributed by atoms with van der Waals surface area (Å²) in [6, 6.07) is 9.08. The fourth-order valence-corrected chi connectivity index (χ4v) is 10.9. The third kappa shape index (κ3) is 3.85. The van der Waals surface area contributed by atoms with E-state index in [-0.39, 0.29) is 11.7 Å². The van der Waals surface area contributed by atoms with Gasteiger partial charge in [0.2, 0.25) is 0 Å². The predicted molar refractivity (Wildman–Crippen MR) is 137 cm³/mol. The summed E-state index contributed by atoms with van der Waals surface area (Å²) in [5.41, 5.74) is 2.52. The minimum absolute atomic E-state index is 0.215. The van der Waals surface area contributed by atoms with Gasteiger partial charge in [-0.25, -0.2) is 8.42 Å². The highest BCUT2D eigenvalue weighted by atomic mass is 32.2. The van der Waals surface area contributed by atoms with Gasteiger partial charge in [-0.15, -0.1) is 0 Å². The van der Waals surface area contributed by atoms with Gasteiger partial charge in [0.1, 0.15) is 0 Å². The summed E-state index contributed by atoms with van der Waals surface area (Å²) in [5, 5.41) is 0. The van der Waals surface area contributed by atoms with E-state index in [0.717, 1.165) is 23.7 Å². The van der Waals surface area contributed by atoms with Crippen LogP contribution in [0.25, 0.3) is 0 Å². The quantitative estimate of drug-likeness (QED) is 0.415. The van der Waals surface area contributed by atoms with E-state index in [1.807, 2.05) is 18.2 Å². The molecule has 0 bridgehead atoms. The van der Waals surface area contributed by atoms with Gasteiger partial charge in [-0.05, 0) is 110 Å². The summed E-state index contributed by atoms with van der Waals surface area (Å²) in [6.45, 7) is 9.72. The van der Waals surface area contributed by atoms with Crippen molar-refractivity contribution in [2.45, 2.75) is 90.4 Å². The lowest BCUT2D eigenvalue weighted by atomic mass is 9.46. The van der Waals surface area contributed by atoms with E-state index in [4.69, 9.17) is 0 Å². The Hall–Kier alpha value is -1.09. The highest BCUT2D eigenvalue weighted by Gasteiger charge is 2.59. The van der Waals surface area contributed by atoms with Gasteiger partial charge in [0.05, 0.1) is 10.6 Å². The van der Waals surface area contributed by atoms with Crippen molar-refractivity contribution < 1.29 is 8.42 Å². The SMILES string of the molecule is CC[C@H]1CCC2(C)C(=CCC3C2CCC2(C)C3CCC2[C@H](C)CS(=O)(=O)c2ccccc2)C1. The van der Waals surface area contributed by atoms with Crippen molar-refractivity contribution in [2.24, 2.45) is 46.3 Å². The molecule has 0 aromatic heterocycles. The molecular weight excluding hydrogens is 424 g/mol. The maximum absolute atomic E-state index is 13.1. The van der Waals surface area contributed by atoms with Crippen LogP contribution in [-0.2, 0) is 9.84 Å². The molecule has 0 N–H and O–H groups in total. The first-order valence-electron chi connectivity index (χ1n) is 13.7. The first kappa shape index (κ1) is 23.6. The normalized spacial score (nSPS) is 41.5. The van der Waals surface area contributed by atoms with E-state index in [2.05, 4.69) is 33.8 Å². The second kappa shape index (κ2) is 8.54. The van der Waals surface area contributed by atoms with Gasteiger partial charge in [0, 0.05) is 0 Å². The summed E-state index contributed by atoms with van der Waals surface area (Å²) in [6.07, 6.45) is 14.6. The topological polar surface area (TPSA) is 34.1 Å². The summed E-state index contributed by atoms with van der Waals surface area (Å²) >= 11 is 0. The van der Waals surface area contributed by atoms with Crippen molar-refractivity contribution in [3.8, 4) is 0 Å². The standard InChI is InChI=1S/C30H44O2S/c1-5-22-15-17-29(3)23(19-22)11-12-25-27-14-13-26(30(27,4)18-16-28(25)29)21(2)20-33(31,32)24-9-7-6-8-10-24/h6-11,21-22,25-28H,5,12-20H2,1-4H3/t21-,22+,25?,26?,27?,28?,29?,30?/m1/s1. The van der Waals surface area contributed by atoms with Gasteiger partial charge in [-0.3, -0.25) is 0 Å². The molecule has 0 amide bonds. The van der Waals surface area contributed by atoms with Crippen molar-refractivity contribution in [1.82, 2.24) is 0 Å². The van der Waals surface area contributed by atoms with Crippen LogP contribution in [0.5, 0.6) is 0 Å². The van der Waals surface area contributed by atoms with Crippen LogP contribution in [0.3, 0.4) is 0 Å². The molecule has 33 heavy (non-hydrogen) atoms. The fraction of sp³-hybridized carbons (Fsp3) is 0.733. The molecule has 2 nitrogen and oxygen atoms in total. The number of sulfone groups is 1. The van der Waals surface area contributed by atoms with Crippen molar-refractivity contribution >= 4 is 9.84 Å². The molecule has 5 rings (SSSR count). The predicted octanol–water partition coefficient (Wildman–Crippen LogP) is 7.70. The molecule has 0 saturated heterocycles. The Morgan fingerprint density at radius 1 is 1.00 bits per heavy atom. The van der Waals surface area contributed by atoms with E-state index < -0.39 is 9.84 Å². The van der Waals surface area contributed by atoms with Crippen LogP contribution in [0.2, 0.25) is 0 Å². The average Bonchev–Trinajstić information content (AvgIpc) is 3.16. The molecule has 0 radical (unpaired) electrons. The van der Waals surface area contributed by atoms with Crippen molar-refractivity contribution in [1.29, 1.82) is 0 Å². The smallest absolute Gasteiger partial charge is 0.178 e. The second-order valence-electron chi connectivity index (χ2n) is 12.6. The Morgan fingerprint density at radius 3 is 2.48 bits per heavy atom. The summed E-state index contributed by atoms with van der Waals surface area (Å²) in [5.74, 6) is 4.34. The van der Waals surface area contributed by atoms with Crippen molar-refractivity contribution in [2.75, 3.05) is 5.75 Å². The molecule has 3 fully saturated rings. The minimum atomic E-state index is -3.23. The minimum Gasteiger partial charge on any atom is -0.224 e. The van der Waals surface area contributed by atoms with Gasteiger partial charge in [-0.2, -0.15) is 0 Å². The maximum Gasteiger partial charge on any atom is 0.178 e. The molecule has 4 aliphatic carbocycles. The molecule has 0 aliphatic heterocycles. The zero-order chi connectivity index (χ0) is 23.4. The Morgan fingerprint density at radius 2 is 1.76 bits per heavy atom. The number of allylic oxidation sites excluding steroid dienone is 2. The lowest BCUT2D eigenvalue weighted by molar-refractivity contribution is -0.0506. The molecule has 8 atom stereocenters. The summed E-state index contributed by atoms with van der Waals surface area (Å²) in [4.78, 5) is 0.487. The lowest BCUT2D eigenvalue weighted by Crippen LogP contribution is -2.50. The lowest BCUT2D eigenvalue weighted by Gasteiger charge is -2.58. The molecule has 6 unspecified atom stereocenters. The van der Waals surface area contributed by atoms with Gasteiger partial charge < -0.3 is 0 Å². The van der Waals surface area contributed by atoms with Crippen LogP contribution in [0.15, 0.2) is 46.9 Å². The molecule has 3 saturated carbocycles. The molecule has 182 valence electrons. The molecule has 4 aliphatic rings. The van der Waals surface area contributed by atoms with Gasteiger partial charge >= 0.3 is 0 Å². The summed E-state index contributed by atoms with van der Waals surface area (Å²) < 4.78 is 26.3. The average molecular weight is 469 g/mol. The van der Waals surface area contributed by atoms with Gasteiger partial charge in [0.15, 0.2) is 9.84 Å². The number of hydrogen-bond donors (Lipinski definition) is 0. The summed E-state index contributed by atoms with van der Waals surface area (Å²) in [7, 11) is -3.23. The highest BCUT2D eigenvalue weighted by molar-refractivity contribution is 7.91. The van der Waals surface area contributed by atoms with Gasteiger partial charge in [-0.1, -0.05) is 64.0 Å². The zero-order valence-electron chi connectivity index (χ0n) is 21.2. The molecule has 1 aromatic carbocycles. The third-order valence-corrected chi connectivity index (χ3v) is 13.1. The second-order valence-corrected chi connectivity index (χ2v) is 14.6. The van der Waals surface area contributed by atoms with E-state index in [9.17, 15) is 8.42 Å². The first-order valence-corrected chi connectivity index (χ1v) is 15.3. The Kier molecular flexibility index (Phi) is 6.12. The van der Waals surface area contributed by atoms with E-state index in [0.29, 0.717) is 21.6 Å². The zero-order valence-corrected chi connectivity index (χ0v) is 22.0. The van der Waals surface area contributed by atoms with Crippen LogP contribution in [-0.4, -0.2) is 14.2 Å². The first-order chi connectivity index (χ1) is 15.7. The van der Waals surface area contributed by atoms with Crippen molar-refractivity contribution in [3.63, 3.8) is 0 Å². The largest absolute Gasteiger partial charge is 0.224 e. The maximum atomic E-state index is 13.1. The highest BCUT2D eigenvalue weighted by Crippen LogP contribution is 2.67. The molecule has 0 heterocycles. The monoisotopic (exact) mass is 468 g/mol. The van der Waals surface area contributed by atoms with Crippen LogP contribution < -0.4 is 0 Å². The third-order valence-electron chi connectivity index (χ3n) is 11.1. The number of benzene rings is 1. The van der Waals surface area contributed by atoms with Crippen LogP contribution in [0, 0.1) is 46.3 Å². The molecule has 0 spiro atoms. The van der Waals surface area contributed by atoms with Crippen LogP contribution in [0.1, 0.15) is 85.5 Å². The molecular formula is C30H44O2S. The van der Waals surface area contributed by atoms with E-state index in [1.165, 1.54) is 57.8 Å². The van der Waals surface area contributed by atoms with Gasteiger partial charge in [0.25, 0.3) is 0 Å². The molecule has 3 heteroatoms. The fourth-order valence-electron chi connectivity index (χ4n) is 9.25. The number of fused-ring (bicyclic) bond motifs is 5. The molecule has 1 aromatic rings. The number of hydrogen-bond acceptors (Lipinski definition) is 2.